The Kier molecular flexibility index (Phi) is 1.48. The van der Waals surface area contributed by atoms with Gasteiger partial charge in [-0.15, -0.1) is 0 Å². The van der Waals surface area contributed by atoms with Gasteiger partial charge in [-0.2, -0.15) is 0 Å². The Morgan fingerprint density at radius 3 is 3.00 bits per heavy atom. The summed E-state index contributed by atoms with van der Waals surface area (Å²) < 4.78 is 0. The zero-order chi connectivity index (χ0) is 8.72. The van der Waals surface area contributed by atoms with Crippen LogP contribution < -0.4 is 10.2 Å². The summed E-state index contributed by atoms with van der Waals surface area (Å²) in [5, 5.41) is 12.4. The lowest BCUT2D eigenvalue weighted by atomic mass is 10.2. The van der Waals surface area contributed by atoms with Gasteiger partial charge in [-0.1, -0.05) is 6.07 Å². The van der Waals surface area contributed by atoms with Gasteiger partial charge in [0.15, 0.2) is 0 Å². The molecule has 0 bridgehead atoms. The first-order valence-corrected chi connectivity index (χ1v) is 3.96. The Morgan fingerprint density at radius 1 is 1.50 bits per heavy atom. The predicted octanol–water partition coefficient (Wildman–Crippen LogP) is 1.13. The second-order valence-corrected chi connectivity index (χ2v) is 3.15. The molecule has 0 aliphatic carbocycles. The third-order valence-corrected chi connectivity index (χ3v) is 2.18. The zero-order valence-electron chi connectivity index (χ0n) is 7.20. The summed E-state index contributed by atoms with van der Waals surface area (Å²) in [4.78, 5) is 1.80. The monoisotopic (exact) mass is 164 g/mol. The van der Waals surface area contributed by atoms with Crippen LogP contribution in [0, 0.1) is 6.92 Å². The maximum Gasteiger partial charge on any atom is 0.205 e. The summed E-state index contributed by atoms with van der Waals surface area (Å²) in [5.74, 6) is 0. The Labute approximate surface area is 71.6 Å². The number of hydrogen-bond donors (Lipinski definition) is 2. The SMILES string of the molecule is Cc1ccc2c(c1)NC(O)N2C. The topological polar surface area (TPSA) is 35.5 Å². The Morgan fingerprint density at radius 2 is 2.25 bits per heavy atom. The normalized spacial score (nSPS) is 20.6. The van der Waals surface area contributed by atoms with Crippen LogP contribution in [0.1, 0.15) is 5.56 Å². The minimum atomic E-state index is -0.582. The molecule has 1 unspecified atom stereocenters. The number of aryl methyl sites for hydroxylation is 1. The number of anilines is 2. The van der Waals surface area contributed by atoms with E-state index in [0.29, 0.717) is 0 Å². The van der Waals surface area contributed by atoms with E-state index in [4.69, 9.17) is 0 Å². The summed E-state index contributed by atoms with van der Waals surface area (Å²) in [6.45, 7) is 2.03. The quantitative estimate of drug-likeness (QED) is 0.603. The molecule has 1 atom stereocenters. The molecular weight excluding hydrogens is 152 g/mol. The molecule has 0 spiro atoms. The van der Waals surface area contributed by atoms with Crippen LogP contribution in [0.25, 0.3) is 0 Å². The number of aliphatic hydroxyl groups is 1. The number of nitrogens with one attached hydrogen (secondary N) is 1. The standard InChI is InChI=1S/C9H12N2O/c1-6-3-4-8-7(5-6)10-9(12)11(8)2/h3-5,9-10,12H,1-2H3. The fraction of sp³-hybridized carbons (Fsp3) is 0.333. The summed E-state index contributed by atoms with van der Waals surface area (Å²) in [5.41, 5.74) is 3.25. The van der Waals surface area contributed by atoms with Crippen molar-refractivity contribution in [3.63, 3.8) is 0 Å². The van der Waals surface area contributed by atoms with E-state index in [1.54, 1.807) is 4.90 Å². The number of fused-ring (bicyclic) bond motifs is 1. The molecule has 3 heteroatoms. The van der Waals surface area contributed by atoms with Crippen LogP contribution in [-0.4, -0.2) is 18.5 Å². The lowest BCUT2D eigenvalue weighted by Crippen LogP contribution is -2.31. The molecular formula is C9H12N2O. The van der Waals surface area contributed by atoms with E-state index >= 15 is 0 Å². The molecule has 0 amide bonds. The van der Waals surface area contributed by atoms with E-state index < -0.39 is 6.35 Å². The van der Waals surface area contributed by atoms with Crippen molar-refractivity contribution in [1.29, 1.82) is 0 Å². The Bertz CT molecular complexity index is 311. The van der Waals surface area contributed by atoms with E-state index in [0.717, 1.165) is 11.4 Å². The van der Waals surface area contributed by atoms with Crippen molar-refractivity contribution in [2.45, 2.75) is 13.3 Å². The second-order valence-electron chi connectivity index (χ2n) is 3.15. The van der Waals surface area contributed by atoms with Gasteiger partial charge in [0, 0.05) is 7.05 Å². The van der Waals surface area contributed by atoms with Crippen molar-refractivity contribution < 1.29 is 5.11 Å². The maximum absolute atomic E-state index is 9.42. The highest BCUT2D eigenvalue weighted by molar-refractivity contribution is 5.75. The molecule has 3 nitrogen and oxygen atoms in total. The molecule has 1 aliphatic heterocycles. The summed E-state index contributed by atoms with van der Waals surface area (Å²) in [6.07, 6.45) is -0.582. The lowest BCUT2D eigenvalue weighted by molar-refractivity contribution is 0.210. The van der Waals surface area contributed by atoms with E-state index in [9.17, 15) is 5.11 Å². The van der Waals surface area contributed by atoms with Crippen LogP contribution in [-0.2, 0) is 0 Å². The molecule has 1 heterocycles. The highest BCUT2D eigenvalue weighted by Gasteiger charge is 2.22. The number of benzene rings is 1. The third kappa shape index (κ3) is 0.940. The van der Waals surface area contributed by atoms with Crippen molar-refractivity contribution in [2.24, 2.45) is 0 Å². The highest BCUT2D eigenvalue weighted by Crippen LogP contribution is 2.32. The Hall–Kier alpha value is -1.22. The minimum absolute atomic E-state index is 0.582. The highest BCUT2D eigenvalue weighted by atomic mass is 16.3. The van der Waals surface area contributed by atoms with Gasteiger partial charge >= 0.3 is 0 Å². The predicted molar refractivity (Wildman–Crippen MR) is 49.2 cm³/mol. The van der Waals surface area contributed by atoms with E-state index in [1.807, 2.05) is 32.2 Å². The lowest BCUT2D eigenvalue weighted by Gasteiger charge is -2.15. The number of rotatable bonds is 0. The second kappa shape index (κ2) is 2.38. The first-order valence-electron chi connectivity index (χ1n) is 3.96. The van der Waals surface area contributed by atoms with E-state index in [-0.39, 0.29) is 0 Å². The van der Waals surface area contributed by atoms with Crippen LogP contribution in [0.2, 0.25) is 0 Å². The third-order valence-electron chi connectivity index (χ3n) is 2.18. The molecule has 0 aromatic heterocycles. The van der Waals surface area contributed by atoms with Gasteiger partial charge in [0.1, 0.15) is 0 Å². The average Bonchev–Trinajstić information content (AvgIpc) is 2.28. The smallest absolute Gasteiger partial charge is 0.205 e. The first-order chi connectivity index (χ1) is 5.68. The van der Waals surface area contributed by atoms with Gasteiger partial charge in [-0.25, -0.2) is 0 Å². The number of hydrogen-bond acceptors (Lipinski definition) is 3. The molecule has 0 radical (unpaired) electrons. The van der Waals surface area contributed by atoms with Crippen molar-refractivity contribution in [2.75, 3.05) is 17.3 Å². The van der Waals surface area contributed by atoms with E-state index in [1.165, 1.54) is 5.56 Å². The number of aliphatic hydroxyl groups excluding tert-OH is 1. The van der Waals surface area contributed by atoms with Crippen molar-refractivity contribution in [3.05, 3.63) is 23.8 Å². The molecule has 1 aromatic carbocycles. The molecule has 1 aromatic rings. The van der Waals surface area contributed by atoms with Gasteiger partial charge in [0.05, 0.1) is 11.4 Å². The van der Waals surface area contributed by atoms with Crippen LogP contribution in [0.15, 0.2) is 18.2 Å². The van der Waals surface area contributed by atoms with Crippen LogP contribution in [0.5, 0.6) is 0 Å². The van der Waals surface area contributed by atoms with Crippen molar-refractivity contribution in [3.8, 4) is 0 Å². The largest absolute Gasteiger partial charge is 0.356 e. The molecule has 2 N–H and O–H groups in total. The maximum atomic E-state index is 9.42. The minimum Gasteiger partial charge on any atom is -0.356 e. The van der Waals surface area contributed by atoms with Crippen molar-refractivity contribution in [1.82, 2.24) is 0 Å². The fourth-order valence-corrected chi connectivity index (χ4v) is 1.44. The fourth-order valence-electron chi connectivity index (χ4n) is 1.44. The van der Waals surface area contributed by atoms with Crippen molar-refractivity contribution >= 4 is 11.4 Å². The average molecular weight is 164 g/mol. The molecule has 1 aliphatic rings. The van der Waals surface area contributed by atoms with Gasteiger partial charge in [0.2, 0.25) is 6.35 Å². The summed E-state index contributed by atoms with van der Waals surface area (Å²) in [7, 11) is 1.86. The van der Waals surface area contributed by atoms with Gasteiger partial charge in [0.25, 0.3) is 0 Å². The summed E-state index contributed by atoms with van der Waals surface area (Å²) >= 11 is 0. The molecule has 0 saturated heterocycles. The van der Waals surface area contributed by atoms with Crippen LogP contribution in [0.4, 0.5) is 11.4 Å². The number of nitrogens with zero attached hydrogens (tertiary/aromatic N) is 1. The zero-order valence-corrected chi connectivity index (χ0v) is 7.20. The first kappa shape index (κ1) is 7.43. The Balaban J connectivity index is 2.47. The van der Waals surface area contributed by atoms with Crippen LogP contribution in [0.3, 0.4) is 0 Å². The molecule has 0 saturated carbocycles. The molecule has 0 fully saturated rings. The molecule has 2 rings (SSSR count). The molecule has 64 valence electrons. The van der Waals surface area contributed by atoms with Gasteiger partial charge < -0.3 is 15.3 Å². The van der Waals surface area contributed by atoms with E-state index in [2.05, 4.69) is 5.32 Å². The van der Waals surface area contributed by atoms with Gasteiger partial charge in [-0.05, 0) is 24.6 Å². The van der Waals surface area contributed by atoms with Gasteiger partial charge in [-0.3, -0.25) is 0 Å². The molecule has 12 heavy (non-hydrogen) atoms. The summed E-state index contributed by atoms with van der Waals surface area (Å²) in [6, 6.07) is 6.07. The van der Waals surface area contributed by atoms with Crippen LogP contribution >= 0.6 is 0 Å².